The Morgan fingerprint density at radius 3 is 2.69 bits per heavy atom. The molecule has 0 saturated carbocycles. The van der Waals surface area contributed by atoms with E-state index in [1.807, 2.05) is 0 Å². The summed E-state index contributed by atoms with van der Waals surface area (Å²) in [6.45, 7) is 1.66. The van der Waals surface area contributed by atoms with Crippen molar-refractivity contribution < 1.29 is 19.0 Å². The van der Waals surface area contributed by atoms with Crippen LogP contribution in [-0.2, 0) is 0 Å². The summed E-state index contributed by atoms with van der Waals surface area (Å²) in [6, 6.07) is 5.75. The quantitative estimate of drug-likeness (QED) is 0.451. The van der Waals surface area contributed by atoms with Crippen LogP contribution in [0.5, 0.6) is 5.75 Å². The van der Waals surface area contributed by atoms with Crippen molar-refractivity contribution in [3.05, 3.63) is 50.7 Å². The zero-order valence-corrected chi connectivity index (χ0v) is 16.1. The minimum absolute atomic E-state index is 0.0392. The molecular formula is C16H10Cl3FN2O3S. The van der Waals surface area contributed by atoms with Crippen LogP contribution < -0.4 is 10.1 Å². The standard InChI is InChI=1S/C16H10Cl3FN2O3S/c1-6(13-7(17)2-3-8(18)14(13)19)25-11-5-12-10(4-9(11)20)21-15(26-12)22-16(23)24/h2-6H,1H3,(H,21,22)(H,23,24). The number of ether oxygens (including phenoxy) is 1. The average molecular weight is 436 g/mol. The molecule has 136 valence electrons. The molecule has 1 atom stereocenters. The second-order valence-corrected chi connectivity index (χ2v) is 7.44. The van der Waals surface area contributed by atoms with Crippen LogP contribution in [0.25, 0.3) is 10.2 Å². The van der Waals surface area contributed by atoms with E-state index in [0.717, 1.165) is 11.3 Å². The third kappa shape index (κ3) is 3.81. The molecule has 26 heavy (non-hydrogen) atoms. The first-order valence-corrected chi connectivity index (χ1v) is 9.11. The van der Waals surface area contributed by atoms with E-state index in [-0.39, 0.29) is 15.9 Å². The third-order valence-electron chi connectivity index (χ3n) is 3.45. The van der Waals surface area contributed by atoms with Gasteiger partial charge in [0.05, 0.1) is 20.3 Å². The van der Waals surface area contributed by atoms with Crippen LogP contribution in [0.3, 0.4) is 0 Å². The Morgan fingerprint density at radius 1 is 1.31 bits per heavy atom. The first-order valence-electron chi connectivity index (χ1n) is 7.16. The SMILES string of the molecule is CC(Oc1cc2sc(NC(=O)O)nc2cc1F)c1c(Cl)ccc(Cl)c1Cl. The average Bonchev–Trinajstić information content (AvgIpc) is 2.91. The van der Waals surface area contributed by atoms with Gasteiger partial charge in [0.25, 0.3) is 0 Å². The van der Waals surface area contributed by atoms with Gasteiger partial charge in [-0.3, -0.25) is 5.32 Å². The number of thiazole rings is 1. The van der Waals surface area contributed by atoms with Crippen molar-refractivity contribution in [1.29, 1.82) is 0 Å². The largest absolute Gasteiger partial charge is 0.483 e. The Morgan fingerprint density at radius 2 is 2.00 bits per heavy atom. The maximum absolute atomic E-state index is 14.4. The third-order valence-corrected chi connectivity index (χ3v) is 5.53. The Balaban J connectivity index is 1.94. The minimum Gasteiger partial charge on any atom is -0.483 e. The molecule has 2 aromatic carbocycles. The smallest absolute Gasteiger partial charge is 0.410 e. The number of carbonyl (C=O) groups is 1. The molecule has 0 radical (unpaired) electrons. The molecule has 5 nitrogen and oxygen atoms in total. The van der Waals surface area contributed by atoms with Crippen LogP contribution in [0.1, 0.15) is 18.6 Å². The van der Waals surface area contributed by atoms with Gasteiger partial charge in [-0.15, -0.1) is 0 Å². The van der Waals surface area contributed by atoms with Gasteiger partial charge < -0.3 is 9.84 Å². The van der Waals surface area contributed by atoms with E-state index in [2.05, 4.69) is 10.3 Å². The summed E-state index contributed by atoms with van der Waals surface area (Å²) < 4.78 is 20.6. The lowest BCUT2D eigenvalue weighted by molar-refractivity contribution is 0.209. The van der Waals surface area contributed by atoms with E-state index >= 15 is 0 Å². The van der Waals surface area contributed by atoms with Gasteiger partial charge in [0.1, 0.15) is 6.10 Å². The summed E-state index contributed by atoms with van der Waals surface area (Å²) in [5.41, 5.74) is 0.757. The second kappa shape index (κ2) is 7.44. The number of aromatic nitrogens is 1. The van der Waals surface area contributed by atoms with Crippen molar-refractivity contribution in [3.8, 4) is 5.75 Å². The van der Waals surface area contributed by atoms with Gasteiger partial charge in [0.2, 0.25) is 0 Å². The van der Waals surface area contributed by atoms with Gasteiger partial charge in [0, 0.05) is 22.7 Å². The Hall–Kier alpha value is -1.80. The Labute approximate surface area is 166 Å². The topological polar surface area (TPSA) is 71.5 Å². The predicted molar refractivity (Wildman–Crippen MR) is 102 cm³/mol. The van der Waals surface area contributed by atoms with E-state index in [9.17, 15) is 9.18 Å². The number of fused-ring (bicyclic) bond motifs is 1. The highest BCUT2D eigenvalue weighted by Gasteiger charge is 2.20. The number of hydrogen-bond donors (Lipinski definition) is 2. The summed E-state index contributed by atoms with van der Waals surface area (Å²) in [7, 11) is 0. The van der Waals surface area contributed by atoms with Crippen molar-refractivity contribution in [3.63, 3.8) is 0 Å². The zero-order chi connectivity index (χ0) is 19.0. The zero-order valence-electron chi connectivity index (χ0n) is 13.0. The van der Waals surface area contributed by atoms with E-state index in [0.29, 0.717) is 25.8 Å². The molecule has 0 spiro atoms. The first-order chi connectivity index (χ1) is 12.3. The summed E-state index contributed by atoms with van der Waals surface area (Å²) >= 11 is 19.4. The van der Waals surface area contributed by atoms with E-state index < -0.39 is 18.0 Å². The number of rotatable bonds is 4. The fourth-order valence-corrected chi connectivity index (χ4v) is 4.04. The van der Waals surface area contributed by atoms with E-state index in [1.165, 1.54) is 12.1 Å². The van der Waals surface area contributed by atoms with E-state index in [4.69, 9.17) is 44.6 Å². The molecule has 0 aliphatic rings. The van der Waals surface area contributed by atoms with Crippen molar-refractivity contribution in [2.75, 3.05) is 5.32 Å². The maximum Gasteiger partial charge on any atom is 0.410 e. The highest BCUT2D eigenvalue weighted by atomic mass is 35.5. The van der Waals surface area contributed by atoms with Crippen LogP contribution in [-0.4, -0.2) is 16.2 Å². The molecule has 0 aliphatic carbocycles. The van der Waals surface area contributed by atoms with Gasteiger partial charge in [-0.25, -0.2) is 14.2 Å². The molecule has 2 N–H and O–H groups in total. The van der Waals surface area contributed by atoms with Crippen LogP contribution >= 0.6 is 46.1 Å². The summed E-state index contributed by atoms with van der Waals surface area (Å²) in [4.78, 5) is 14.7. The molecule has 0 fully saturated rings. The Bertz CT molecular complexity index is 1010. The van der Waals surface area contributed by atoms with Crippen molar-refractivity contribution in [2.24, 2.45) is 0 Å². The molecule has 3 rings (SSSR count). The van der Waals surface area contributed by atoms with Gasteiger partial charge in [-0.1, -0.05) is 46.1 Å². The van der Waals surface area contributed by atoms with Crippen LogP contribution in [0.2, 0.25) is 15.1 Å². The fourth-order valence-electron chi connectivity index (χ4n) is 2.33. The molecule has 10 heteroatoms. The lowest BCUT2D eigenvalue weighted by Gasteiger charge is -2.18. The number of anilines is 1. The number of nitrogens with zero attached hydrogens (tertiary/aromatic N) is 1. The van der Waals surface area contributed by atoms with Crippen LogP contribution in [0.15, 0.2) is 24.3 Å². The highest BCUT2D eigenvalue weighted by molar-refractivity contribution is 7.22. The first kappa shape index (κ1) is 19.0. The number of halogens is 4. The van der Waals surface area contributed by atoms with Crippen LogP contribution in [0, 0.1) is 5.82 Å². The molecule has 0 aliphatic heterocycles. The lowest BCUT2D eigenvalue weighted by Crippen LogP contribution is -2.06. The van der Waals surface area contributed by atoms with E-state index in [1.54, 1.807) is 19.1 Å². The Kier molecular flexibility index (Phi) is 5.43. The highest BCUT2D eigenvalue weighted by Crippen LogP contribution is 2.39. The van der Waals surface area contributed by atoms with Gasteiger partial charge in [0.15, 0.2) is 16.7 Å². The molecular weight excluding hydrogens is 426 g/mol. The van der Waals surface area contributed by atoms with Gasteiger partial charge in [-0.2, -0.15) is 0 Å². The van der Waals surface area contributed by atoms with Crippen LogP contribution in [0.4, 0.5) is 14.3 Å². The number of benzene rings is 2. The summed E-state index contributed by atoms with van der Waals surface area (Å²) in [6.07, 6.45) is -1.93. The fraction of sp³-hybridized carbons (Fsp3) is 0.125. The number of amides is 1. The van der Waals surface area contributed by atoms with Gasteiger partial charge >= 0.3 is 6.09 Å². The molecule has 1 heterocycles. The van der Waals surface area contributed by atoms with Gasteiger partial charge in [-0.05, 0) is 19.1 Å². The molecule has 0 bridgehead atoms. The maximum atomic E-state index is 14.4. The monoisotopic (exact) mass is 434 g/mol. The number of carboxylic acid groups (broad SMARTS) is 1. The lowest BCUT2D eigenvalue weighted by atomic mass is 10.1. The molecule has 1 aromatic heterocycles. The van der Waals surface area contributed by atoms with Crippen molar-refractivity contribution in [2.45, 2.75) is 13.0 Å². The van der Waals surface area contributed by atoms with Crippen molar-refractivity contribution >= 4 is 67.6 Å². The summed E-state index contributed by atoms with van der Waals surface area (Å²) in [5, 5.41) is 11.9. The second-order valence-electron chi connectivity index (χ2n) is 5.22. The molecule has 0 saturated heterocycles. The summed E-state index contributed by atoms with van der Waals surface area (Å²) in [5.74, 6) is -0.687. The normalized spacial score (nSPS) is 12.2. The molecule has 1 unspecified atom stereocenters. The number of hydrogen-bond acceptors (Lipinski definition) is 4. The predicted octanol–water partition coefficient (Wildman–Crippen LogP) is 6.63. The molecule has 3 aromatic rings. The molecule has 1 amide bonds. The number of nitrogens with one attached hydrogen (secondary N) is 1. The van der Waals surface area contributed by atoms with Crippen molar-refractivity contribution in [1.82, 2.24) is 4.98 Å². The minimum atomic E-state index is -1.25.